The van der Waals surface area contributed by atoms with Crippen LogP contribution >= 0.6 is 0 Å². The molecule has 2 aliphatic carbocycles. The number of hydrogen-bond acceptors (Lipinski definition) is 5. The van der Waals surface area contributed by atoms with Crippen LogP contribution in [-0.4, -0.2) is 5.91 Å². The van der Waals surface area contributed by atoms with E-state index < -0.39 is 28.5 Å². The van der Waals surface area contributed by atoms with Gasteiger partial charge >= 0.3 is 0 Å². The van der Waals surface area contributed by atoms with E-state index in [-0.39, 0.29) is 16.8 Å². The minimum absolute atomic E-state index is 0.0751. The first-order valence-corrected chi connectivity index (χ1v) is 8.52. The van der Waals surface area contributed by atoms with Gasteiger partial charge < -0.3 is 11.1 Å². The Bertz CT molecular complexity index is 1070. The third-order valence-electron chi connectivity index (χ3n) is 5.97. The first-order valence-electron chi connectivity index (χ1n) is 8.52. The number of nitriles is 3. The predicted octanol–water partition coefficient (Wildman–Crippen LogP) is 2.53. The molecule has 3 aliphatic rings. The molecule has 0 fully saturated rings. The lowest BCUT2D eigenvalue weighted by atomic mass is 9.47. The van der Waals surface area contributed by atoms with Crippen molar-refractivity contribution in [2.24, 2.45) is 17.1 Å². The molecule has 1 amide bonds. The Morgan fingerprint density at radius 1 is 1.26 bits per heavy atom. The fourth-order valence-corrected chi connectivity index (χ4v) is 4.88. The van der Waals surface area contributed by atoms with Crippen molar-refractivity contribution in [1.82, 2.24) is 0 Å². The summed E-state index contributed by atoms with van der Waals surface area (Å²) in [6, 6.07) is 9.69. The Morgan fingerprint density at radius 2 is 2.00 bits per heavy atom. The maximum atomic E-state index is 14.1. The molecule has 6 nitrogen and oxygen atoms in total. The minimum Gasteiger partial charge on any atom is -0.399 e. The van der Waals surface area contributed by atoms with Crippen LogP contribution in [0.2, 0.25) is 0 Å². The highest BCUT2D eigenvalue weighted by molar-refractivity contribution is 6.09. The molecule has 1 aliphatic heterocycles. The second-order valence-electron chi connectivity index (χ2n) is 6.97. The van der Waals surface area contributed by atoms with Gasteiger partial charge in [-0.2, -0.15) is 15.8 Å². The maximum Gasteiger partial charge on any atom is 0.238 e. The van der Waals surface area contributed by atoms with E-state index in [4.69, 9.17) is 5.73 Å². The molecule has 27 heavy (non-hydrogen) atoms. The van der Waals surface area contributed by atoms with Crippen LogP contribution in [0.25, 0.3) is 0 Å². The van der Waals surface area contributed by atoms with Gasteiger partial charge in [0.25, 0.3) is 0 Å². The van der Waals surface area contributed by atoms with Crippen molar-refractivity contribution in [1.29, 1.82) is 15.8 Å². The molecular weight excluding hydrogens is 345 g/mol. The lowest BCUT2D eigenvalue weighted by Gasteiger charge is -2.49. The SMILES string of the molecule is N#CC1=C(N)C(C#N)(C#N)C2(C(=O)Nc3ccc(F)cc32)C2CCCC=C12. The molecule has 0 aromatic heterocycles. The third kappa shape index (κ3) is 1.72. The summed E-state index contributed by atoms with van der Waals surface area (Å²) in [5, 5.41) is 32.5. The quantitative estimate of drug-likeness (QED) is 0.736. The van der Waals surface area contributed by atoms with E-state index in [1.54, 1.807) is 0 Å². The largest absolute Gasteiger partial charge is 0.399 e. The number of carbonyl (C=O) groups is 1. The molecule has 1 heterocycles. The molecule has 2 unspecified atom stereocenters. The van der Waals surface area contributed by atoms with Crippen LogP contribution in [0.15, 0.2) is 41.1 Å². The fraction of sp³-hybridized carbons (Fsp3) is 0.300. The molecule has 0 saturated carbocycles. The van der Waals surface area contributed by atoms with Gasteiger partial charge in [0.1, 0.15) is 17.3 Å². The van der Waals surface area contributed by atoms with Crippen molar-refractivity contribution >= 4 is 11.6 Å². The molecule has 1 spiro atoms. The summed E-state index contributed by atoms with van der Waals surface area (Å²) in [6.45, 7) is 0. The lowest BCUT2D eigenvalue weighted by molar-refractivity contribution is -0.125. The van der Waals surface area contributed by atoms with Gasteiger partial charge in [-0.15, -0.1) is 0 Å². The van der Waals surface area contributed by atoms with Gasteiger partial charge in [0.2, 0.25) is 11.3 Å². The van der Waals surface area contributed by atoms with Crippen molar-refractivity contribution in [3.05, 3.63) is 52.5 Å². The van der Waals surface area contributed by atoms with Gasteiger partial charge in [-0.1, -0.05) is 6.08 Å². The van der Waals surface area contributed by atoms with Gasteiger partial charge in [-0.05, 0) is 48.6 Å². The van der Waals surface area contributed by atoms with Crippen LogP contribution in [-0.2, 0) is 10.2 Å². The second kappa shape index (κ2) is 5.43. The zero-order valence-electron chi connectivity index (χ0n) is 14.2. The maximum absolute atomic E-state index is 14.1. The number of nitrogens with one attached hydrogen (secondary N) is 1. The van der Waals surface area contributed by atoms with Crippen LogP contribution < -0.4 is 11.1 Å². The summed E-state index contributed by atoms with van der Waals surface area (Å²) < 4.78 is 14.1. The molecule has 0 radical (unpaired) electrons. The molecule has 3 N–H and O–H groups in total. The minimum atomic E-state index is -2.11. The molecule has 132 valence electrons. The summed E-state index contributed by atoms with van der Waals surface area (Å²) in [6.07, 6.45) is 3.74. The highest BCUT2D eigenvalue weighted by atomic mass is 19.1. The number of amides is 1. The Kier molecular flexibility index (Phi) is 3.38. The molecule has 1 aromatic rings. The van der Waals surface area contributed by atoms with Gasteiger partial charge in [0, 0.05) is 11.6 Å². The Labute approximate surface area is 155 Å². The van der Waals surface area contributed by atoms with Gasteiger partial charge in [-0.25, -0.2) is 4.39 Å². The summed E-state index contributed by atoms with van der Waals surface area (Å²) in [4.78, 5) is 13.3. The Balaban J connectivity index is 2.21. The predicted molar refractivity (Wildman–Crippen MR) is 92.6 cm³/mol. The smallest absolute Gasteiger partial charge is 0.238 e. The van der Waals surface area contributed by atoms with E-state index in [2.05, 4.69) is 5.32 Å². The number of nitrogens with zero attached hydrogens (tertiary/aromatic N) is 3. The number of carbonyl (C=O) groups excluding carboxylic acids is 1. The van der Waals surface area contributed by atoms with Crippen LogP contribution in [0.3, 0.4) is 0 Å². The van der Waals surface area contributed by atoms with Gasteiger partial charge in [0.15, 0.2) is 0 Å². The molecule has 7 heteroatoms. The van der Waals surface area contributed by atoms with Crippen molar-refractivity contribution in [2.75, 3.05) is 5.32 Å². The topological polar surface area (TPSA) is 126 Å². The molecule has 2 atom stereocenters. The van der Waals surface area contributed by atoms with Crippen molar-refractivity contribution in [2.45, 2.75) is 24.7 Å². The fourth-order valence-electron chi connectivity index (χ4n) is 4.88. The van der Waals surface area contributed by atoms with Crippen molar-refractivity contribution < 1.29 is 9.18 Å². The van der Waals surface area contributed by atoms with E-state index >= 15 is 0 Å². The number of anilines is 1. The summed E-state index contributed by atoms with van der Waals surface area (Å²) >= 11 is 0. The number of hydrogen-bond donors (Lipinski definition) is 2. The zero-order chi connectivity index (χ0) is 19.4. The third-order valence-corrected chi connectivity index (χ3v) is 5.97. The lowest BCUT2D eigenvalue weighted by Crippen LogP contribution is -2.60. The average Bonchev–Trinajstić information content (AvgIpc) is 2.96. The van der Waals surface area contributed by atoms with Crippen molar-refractivity contribution in [3.63, 3.8) is 0 Å². The first kappa shape index (κ1) is 16.8. The molecular formula is C20H14FN5O. The second-order valence-corrected chi connectivity index (χ2v) is 6.97. The van der Waals surface area contributed by atoms with Crippen LogP contribution in [0, 0.1) is 51.1 Å². The first-order chi connectivity index (χ1) is 13.0. The molecule has 0 saturated heterocycles. The number of allylic oxidation sites excluding steroid dienone is 4. The highest BCUT2D eigenvalue weighted by Crippen LogP contribution is 2.63. The van der Waals surface area contributed by atoms with Gasteiger partial charge in [0.05, 0.1) is 23.4 Å². The highest BCUT2D eigenvalue weighted by Gasteiger charge is 2.71. The van der Waals surface area contributed by atoms with E-state index in [0.29, 0.717) is 24.1 Å². The van der Waals surface area contributed by atoms with E-state index in [1.165, 1.54) is 18.2 Å². The number of nitrogens with two attached hydrogens (primary N) is 1. The van der Waals surface area contributed by atoms with E-state index in [9.17, 15) is 25.0 Å². The van der Waals surface area contributed by atoms with Crippen LogP contribution in [0.1, 0.15) is 24.8 Å². The van der Waals surface area contributed by atoms with Crippen molar-refractivity contribution in [3.8, 4) is 18.2 Å². The Morgan fingerprint density at radius 3 is 2.67 bits per heavy atom. The monoisotopic (exact) mass is 359 g/mol. The van der Waals surface area contributed by atoms with Crippen LogP contribution in [0.5, 0.6) is 0 Å². The number of rotatable bonds is 0. The number of benzene rings is 1. The van der Waals surface area contributed by atoms with Crippen LogP contribution in [0.4, 0.5) is 10.1 Å². The normalized spacial score (nSPS) is 27.6. The Hall–Kier alpha value is -3.63. The average molecular weight is 359 g/mol. The molecule has 1 aromatic carbocycles. The standard InChI is InChI=1S/C20H14FN5O/c21-11-5-6-16-15(7-11)20(18(27)26-16)14-4-2-1-3-12(14)13(8-22)17(25)19(20,9-23)10-24/h3,5-7,14H,1-2,4,25H2,(H,26,27). The summed E-state index contributed by atoms with van der Waals surface area (Å²) in [7, 11) is 0. The molecule has 0 bridgehead atoms. The van der Waals surface area contributed by atoms with E-state index in [0.717, 1.165) is 6.42 Å². The number of halogens is 1. The molecule has 4 rings (SSSR count). The number of fused-ring (bicyclic) bond motifs is 4. The van der Waals surface area contributed by atoms with E-state index in [1.807, 2.05) is 24.3 Å². The summed E-state index contributed by atoms with van der Waals surface area (Å²) in [5.74, 6) is -1.76. The summed E-state index contributed by atoms with van der Waals surface area (Å²) in [5.41, 5.74) is 3.39. The van der Waals surface area contributed by atoms with Gasteiger partial charge in [-0.3, -0.25) is 4.79 Å². The zero-order valence-corrected chi connectivity index (χ0v) is 14.2.